The fourth-order valence-corrected chi connectivity index (χ4v) is 6.55. The van der Waals surface area contributed by atoms with Gasteiger partial charge in [0.1, 0.15) is 5.54 Å². The fourth-order valence-electron chi connectivity index (χ4n) is 6.55. The first-order valence-corrected chi connectivity index (χ1v) is 9.59. The van der Waals surface area contributed by atoms with Crippen LogP contribution in [0.25, 0.3) is 0 Å². The molecule has 1 aliphatic heterocycles. The summed E-state index contributed by atoms with van der Waals surface area (Å²) in [6.07, 6.45) is 7.50. The summed E-state index contributed by atoms with van der Waals surface area (Å²) in [6, 6.07) is 22.2. The van der Waals surface area contributed by atoms with E-state index in [1.165, 1.54) is 24.0 Å². The third-order valence-corrected chi connectivity index (χ3v) is 7.38. The van der Waals surface area contributed by atoms with Gasteiger partial charge in [-0.2, -0.15) is 10.2 Å². The Morgan fingerprint density at radius 1 is 0.800 bits per heavy atom. The average Bonchev–Trinajstić information content (AvgIpc) is 3.42. The minimum absolute atomic E-state index is 0.292. The van der Waals surface area contributed by atoms with E-state index in [0.717, 1.165) is 17.8 Å². The molecule has 0 spiro atoms. The predicted molar refractivity (Wildman–Crippen MR) is 98.1 cm³/mol. The van der Waals surface area contributed by atoms with Crippen LogP contribution in [0.2, 0.25) is 0 Å². The Labute approximate surface area is 148 Å². The first-order valence-electron chi connectivity index (χ1n) is 9.59. The van der Waals surface area contributed by atoms with E-state index in [4.69, 9.17) is 10.2 Å². The Morgan fingerprint density at radius 3 is 2.16 bits per heavy atom. The van der Waals surface area contributed by atoms with Crippen molar-refractivity contribution in [3.8, 4) is 0 Å². The summed E-state index contributed by atoms with van der Waals surface area (Å²) in [6.45, 7) is 0. The summed E-state index contributed by atoms with van der Waals surface area (Å²) in [5, 5.41) is 10.00. The van der Waals surface area contributed by atoms with Gasteiger partial charge in [-0.15, -0.1) is 0 Å². The van der Waals surface area contributed by atoms with E-state index >= 15 is 0 Å². The van der Waals surface area contributed by atoms with Crippen molar-refractivity contribution in [3.63, 3.8) is 0 Å². The lowest BCUT2D eigenvalue weighted by Gasteiger charge is -2.41. The second kappa shape index (κ2) is 4.91. The van der Waals surface area contributed by atoms with Crippen LogP contribution in [0.5, 0.6) is 0 Å². The summed E-state index contributed by atoms with van der Waals surface area (Å²) >= 11 is 0. The van der Waals surface area contributed by atoms with Crippen LogP contribution in [0.1, 0.15) is 24.0 Å². The minimum Gasteiger partial charge on any atom is -0.189 e. The molecular formula is C23H22N2. The molecule has 0 N–H and O–H groups in total. The van der Waals surface area contributed by atoms with E-state index in [2.05, 4.69) is 72.8 Å². The predicted octanol–water partition coefficient (Wildman–Crippen LogP) is 5.22. The molecule has 2 aromatic rings. The SMILES string of the molecule is C1=C[C@H]2[C@H]3C[C@H]([C@H]2C1)[C@H]1[C@@H]3N=NC1(c1ccccc1)c1ccccc1. The fraction of sp³-hybridized carbons (Fsp3) is 0.391. The number of fused-ring (bicyclic) bond motifs is 8. The second-order valence-electron chi connectivity index (χ2n) is 8.20. The molecule has 0 radical (unpaired) electrons. The molecule has 2 bridgehead atoms. The topological polar surface area (TPSA) is 24.7 Å². The van der Waals surface area contributed by atoms with Crippen molar-refractivity contribution in [2.45, 2.75) is 24.4 Å². The Hall–Kier alpha value is -2.22. The average molecular weight is 326 g/mol. The van der Waals surface area contributed by atoms with Gasteiger partial charge in [0, 0.05) is 5.92 Å². The van der Waals surface area contributed by atoms with E-state index in [9.17, 15) is 0 Å². The molecule has 2 heteroatoms. The number of azo groups is 1. The first kappa shape index (κ1) is 14.0. The Morgan fingerprint density at radius 2 is 1.48 bits per heavy atom. The maximum Gasteiger partial charge on any atom is 0.137 e. The van der Waals surface area contributed by atoms with Crippen LogP contribution >= 0.6 is 0 Å². The summed E-state index contributed by atoms with van der Waals surface area (Å²) in [5.74, 6) is 3.54. The number of rotatable bonds is 2. The maximum absolute atomic E-state index is 5.06. The Balaban J connectivity index is 1.55. The van der Waals surface area contributed by atoms with Crippen LogP contribution in [0.15, 0.2) is 83.0 Å². The quantitative estimate of drug-likeness (QED) is 0.676. The van der Waals surface area contributed by atoms with Crippen molar-refractivity contribution >= 4 is 0 Å². The van der Waals surface area contributed by atoms with Gasteiger partial charge in [-0.25, -0.2) is 0 Å². The summed E-state index contributed by atoms with van der Waals surface area (Å²) in [4.78, 5) is 0. The van der Waals surface area contributed by atoms with Crippen LogP contribution in [0.4, 0.5) is 0 Å². The minimum atomic E-state index is -0.292. The largest absolute Gasteiger partial charge is 0.189 e. The molecule has 3 aliphatic carbocycles. The van der Waals surface area contributed by atoms with Gasteiger partial charge >= 0.3 is 0 Å². The van der Waals surface area contributed by atoms with E-state index < -0.39 is 0 Å². The van der Waals surface area contributed by atoms with Crippen molar-refractivity contribution in [1.82, 2.24) is 0 Å². The summed E-state index contributed by atoms with van der Waals surface area (Å²) in [5.41, 5.74) is 2.33. The van der Waals surface area contributed by atoms with Crippen LogP contribution in [0.3, 0.4) is 0 Å². The highest BCUT2D eigenvalue weighted by Crippen LogP contribution is 2.67. The molecule has 4 aliphatic rings. The molecule has 0 saturated heterocycles. The van der Waals surface area contributed by atoms with Crippen molar-refractivity contribution in [3.05, 3.63) is 83.9 Å². The molecule has 25 heavy (non-hydrogen) atoms. The van der Waals surface area contributed by atoms with Gasteiger partial charge in [0.15, 0.2) is 0 Å². The van der Waals surface area contributed by atoms with E-state index in [-0.39, 0.29) is 5.54 Å². The first-order chi connectivity index (χ1) is 12.4. The van der Waals surface area contributed by atoms with Crippen molar-refractivity contribution in [1.29, 1.82) is 0 Å². The molecule has 2 fully saturated rings. The number of nitrogens with zero attached hydrogens (tertiary/aromatic N) is 2. The summed E-state index contributed by atoms with van der Waals surface area (Å²) in [7, 11) is 0. The van der Waals surface area contributed by atoms with Crippen LogP contribution in [-0.4, -0.2) is 6.04 Å². The Bertz CT molecular complexity index is 815. The van der Waals surface area contributed by atoms with E-state index in [0.29, 0.717) is 17.9 Å². The number of hydrogen-bond acceptors (Lipinski definition) is 2. The van der Waals surface area contributed by atoms with Crippen LogP contribution in [0, 0.1) is 29.6 Å². The molecule has 1 heterocycles. The third kappa shape index (κ3) is 1.65. The zero-order valence-electron chi connectivity index (χ0n) is 14.2. The molecule has 2 nitrogen and oxygen atoms in total. The summed E-state index contributed by atoms with van der Waals surface area (Å²) < 4.78 is 0. The van der Waals surface area contributed by atoms with Crippen molar-refractivity contribution in [2.24, 2.45) is 39.8 Å². The van der Waals surface area contributed by atoms with Crippen LogP contribution in [-0.2, 0) is 5.54 Å². The van der Waals surface area contributed by atoms with Gasteiger partial charge in [0.2, 0.25) is 0 Å². The van der Waals surface area contributed by atoms with E-state index in [1.807, 2.05) is 0 Å². The molecule has 0 amide bonds. The molecule has 0 aromatic heterocycles. The van der Waals surface area contributed by atoms with Gasteiger partial charge in [0.05, 0.1) is 6.04 Å². The smallest absolute Gasteiger partial charge is 0.137 e. The lowest BCUT2D eigenvalue weighted by molar-refractivity contribution is 0.150. The monoisotopic (exact) mass is 326 g/mol. The van der Waals surface area contributed by atoms with Gasteiger partial charge in [0.25, 0.3) is 0 Å². The van der Waals surface area contributed by atoms with Crippen LogP contribution < -0.4 is 0 Å². The maximum atomic E-state index is 5.06. The van der Waals surface area contributed by atoms with Gasteiger partial charge in [-0.05, 0) is 47.6 Å². The normalized spacial score (nSPS) is 38.9. The van der Waals surface area contributed by atoms with Gasteiger partial charge in [-0.3, -0.25) is 0 Å². The highest BCUT2D eigenvalue weighted by molar-refractivity contribution is 5.43. The second-order valence-corrected chi connectivity index (χ2v) is 8.20. The highest BCUT2D eigenvalue weighted by Gasteiger charge is 2.67. The highest BCUT2D eigenvalue weighted by atomic mass is 15.2. The standard InChI is InChI=1S/C23H22N2/c1-3-8-15(9-4-1)23(16-10-5-2-6-11-16)21-19-14-20(22(21)24-25-23)18-13-7-12-17(18)19/h1-11,13,17-22H,12,14H2/t17-,18+,19+,20+,21-,22+/m0/s1. The lowest BCUT2D eigenvalue weighted by atomic mass is 9.62. The molecule has 2 aromatic carbocycles. The molecule has 124 valence electrons. The third-order valence-electron chi connectivity index (χ3n) is 7.38. The van der Waals surface area contributed by atoms with Crippen molar-refractivity contribution < 1.29 is 0 Å². The number of benzene rings is 2. The van der Waals surface area contributed by atoms with Gasteiger partial charge < -0.3 is 0 Å². The molecule has 6 rings (SSSR count). The zero-order chi connectivity index (χ0) is 16.4. The van der Waals surface area contributed by atoms with Gasteiger partial charge in [-0.1, -0.05) is 72.8 Å². The Kier molecular flexibility index (Phi) is 2.75. The number of allylic oxidation sites excluding steroid dienone is 2. The van der Waals surface area contributed by atoms with Crippen molar-refractivity contribution in [2.75, 3.05) is 0 Å². The molecule has 0 unspecified atom stereocenters. The van der Waals surface area contributed by atoms with E-state index in [1.54, 1.807) is 0 Å². The zero-order valence-corrected chi connectivity index (χ0v) is 14.2. The molecule has 2 saturated carbocycles. The molecular weight excluding hydrogens is 304 g/mol. The molecule has 6 atom stereocenters. The number of hydrogen-bond donors (Lipinski definition) is 0. The lowest BCUT2D eigenvalue weighted by Crippen LogP contribution is -2.44.